The van der Waals surface area contributed by atoms with E-state index in [2.05, 4.69) is 10.1 Å². The molecule has 0 amide bonds. The topological polar surface area (TPSA) is 101 Å². The molecular weight excluding hydrogens is 384 g/mol. The summed E-state index contributed by atoms with van der Waals surface area (Å²) in [7, 11) is 1.24. The molecule has 28 heavy (non-hydrogen) atoms. The zero-order valence-electron chi connectivity index (χ0n) is 15.3. The van der Waals surface area contributed by atoms with Gasteiger partial charge in [0.15, 0.2) is 5.11 Å². The highest BCUT2D eigenvalue weighted by atomic mass is 32.1. The molecule has 9 nitrogen and oxygen atoms in total. The molecular formula is C18H20N4O5S. The number of hydrogen-bond donors (Lipinski definition) is 1. The summed E-state index contributed by atoms with van der Waals surface area (Å²) in [5, 5.41) is 15.2. The molecule has 0 atom stereocenters. The molecule has 0 spiro atoms. The number of esters is 1. The van der Waals surface area contributed by atoms with Crippen molar-refractivity contribution in [1.29, 1.82) is 0 Å². The Hall–Kier alpha value is -3.14. The highest BCUT2D eigenvalue weighted by molar-refractivity contribution is 7.80. The number of carbonyl (C=O) groups excluding carboxylic acids is 1. The molecule has 0 aliphatic carbocycles. The van der Waals surface area contributed by atoms with Gasteiger partial charge in [-0.05, 0) is 36.5 Å². The van der Waals surface area contributed by atoms with Gasteiger partial charge < -0.3 is 24.3 Å². The van der Waals surface area contributed by atoms with Crippen molar-refractivity contribution in [1.82, 2.24) is 10.2 Å². The minimum atomic E-state index is -0.604. The van der Waals surface area contributed by atoms with Crippen molar-refractivity contribution in [3.8, 4) is 0 Å². The summed E-state index contributed by atoms with van der Waals surface area (Å²) >= 11 is 5.42. The van der Waals surface area contributed by atoms with E-state index in [1.807, 2.05) is 21.9 Å². The molecule has 1 saturated heterocycles. The largest absolute Gasteiger partial charge is 0.467 e. The van der Waals surface area contributed by atoms with Crippen LogP contribution in [0.3, 0.4) is 0 Å². The van der Waals surface area contributed by atoms with Crippen LogP contribution in [0, 0.1) is 10.1 Å². The number of anilines is 1. The lowest BCUT2D eigenvalue weighted by Gasteiger charge is -2.37. The normalized spacial score (nSPS) is 13.9. The van der Waals surface area contributed by atoms with Gasteiger partial charge in [-0.2, -0.15) is 0 Å². The van der Waals surface area contributed by atoms with Crippen LogP contribution in [0.15, 0.2) is 41.0 Å². The monoisotopic (exact) mass is 404 g/mol. The maximum Gasteiger partial charge on any atom is 0.338 e. The van der Waals surface area contributed by atoms with Crippen LogP contribution in [-0.4, -0.2) is 54.2 Å². The third-order valence-corrected chi connectivity index (χ3v) is 4.90. The van der Waals surface area contributed by atoms with E-state index >= 15 is 0 Å². The smallest absolute Gasteiger partial charge is 0.338 e. The molecule has 1 aromatic carbocycles. The van der Waals surface area contributed by atoms with Crippen LogP contribution < -0.4 is 10.2 Å². The van der Waals surface area contributed by atoms with Crippen molar-refractivity contribution in [3.63, 3.8) is 0 Å². The van der Waals surface area contributed by atoms with Crippen molar-refractivity contribution in [2.24, 2.45) is 0 Å². The first-order chi connectivity index (χ1) is 13.5. The van der Waals surface area contributed by atoms with E-state index in [9.17, 15) is 14.9 Å². The Morgan fingerprint density at radius 2 is 2.07 bits per heavy atom. The lowest BCUT2D eigenvalue weighted by Crippen LogP contribution is -2.51. The number of rotatable bonds is 5. The molecule has 1 N–H and O–H groups in total. The van der Waals surface area contributed by atoms with Gasteiger partial charge in [-0.3, -0.25) is 10.1 Å². The summed E-state index contributed by atoms with van der Waals surface area (Å²) in [6.45, 7) is 2.90. The van der Waals surface area contributed by atoms with E-state index in [-0.39, 0.29) is 11.3 Å². The fourth-order valence-electron chi connectivity index (χ4n) is 3.02. The number of thiocarbonyl (C=S) groups is 1. The van der Waals surface area contributed by atoms with Gasteiger partial charge in [0.1, 0.15) is 11.4 Å². The molecule has 0 saturated carbocycles. The van der Waals surface area contributed by atoms with E-state index < -0.39 is 10.9 Å². The van der Waals surface area contributed by atoms with Crippen molar-refractivity contribution >= 4 is 34.7 Å². The molecule has 2 aromatic rings. The molecule has 1 aliphatic rings. The SMILES string of the molecule is COC(=O)c1ccc(N2CCN(C(=S)NCc3ccco3)CC2)c([N+](=O)[O-])c1. The minimum Gasteiger partial charge on any atom is -0.467 e. The van der Waals surface area contributed by atoms with Crippen LogP contribution in [-0.2, 0) is 11.3 Å². The number of carbonyl (C=O) groups is 1. The highest BCUT2D eigenvalue weighted by Crippen LogP contribution is 2.30. The Morgan fingerprint density at radius 3 is 2.68 bits per heavy atom. The van der Waals surface area contributed by atoms with Crippen LogP contribution in [0.2, 0.25) is 0 Å². The zero-order chi connectivity index (χ0) is 20.1. The van der Waals surface area contributed by atoms with Crippen molar-refractivity contribution < 1.29 is 18.9 Å². The maximum absolute atomic E-state index is 11.6. The number of nitrogens with zero attached hydrogens (tertiary/aromatic N) is 3. The number of hydrogen-bond acceptors (Lipinski definition) is 7. The molecule has 0 unspecified atom stereocenters. The van der Waals surface area contributed by atoms with Crippen LogP contribution in [0.1, 0.15) is 16.1 Å². The molecule has 148 valence electrons. The predicted octanol–water partition coefficient (Wildman–Crippen LogP) is 2.17. The lowest BCUT2D eigenvalue weighted by molar-refractivity contribution is -0.384. The van der Waals surface area contributed by atoms with Gasteiger partial charge in [0.25, 0.3) is 5.69 Å². The number of nitro groups is 1. The van der Waals surface area contributed by atoms with E-state index in [0.717, 1.165) is 5.76 Å². The Labute approximate surface area is 167 Å². The summed E-state index contributed by atoms with van der Waals surface area (Å²) in [6, 6.07) is 8.06. The van der Waals surface area contributed by atoms with Gasteiger partial charge >= 0.3 is 5.97 Å². The fraction of sp³-hybridized carbons (Fsp3) is 0.333. The van der Waals surface area contributed by atoms with E-state index in [0.29, 0.717) is 43.5 Å². The first kappa shape index (κ1) is 19.6. The summed E-state index contributed by atoms with van der Waals surface area (Å²) in [6.07, 6.45) is 1.61. The number of benzene rings is 1. The molecule has 3 rings (SSSR count). The number of piperazine rings is 1. The second kappa shape index (κ2) is 8.70. The third-order valence-electron chi connectivity index (χ3n) is 4.49. The van der Waals surface area contributed by atoms with Crippen LogP contribution in [0.5, 0.6) is 0 Å². The van der Waals surface area contributed by atoms with E-state index in [4.69, 9.17) is 16.6 Å². The minimum absolute atomic E-state index is 0.116. The Bertz CT molecular complexity index is 863. The van der Waals surface area contributed by atoms with E-state index in [1.165, 1.54) is 19.2 Å². The standard InChI is InChI=1S/C18H20N4O5S/c1-26-17(23)13-4-5-15(16(11-13)22(24)25)20-6-8-21(9-7-20)18(28)19-12-14-3-2-10-27-14/h2-5,10-11H,6-9,12H2,1H3,(H,19,28). The number of methoxy groups -OCH3 is 1. The summed E-state index contributed by atoms with van der Waals surface area (Å²) in [5.74, 6) is 0.190. The van der Waals surface area contributed by atoms with Crippen LogP contribution in [0.25, 0.3) is 0 Å². The Morgan fingerprint density at radius 1 is 1.32 bits per heavy atom. The predicted molar refractivity (Wildman–Crippen MR) is 106 cm³/mol. The van der Waals surface area contributed by atoms with Crippen LogP contribution in [0.4, 0.5) is 11.4 Å². The van der Waals surface area contributed by atoms with Crippen molar-refractivity contribution in [3.05, 3.63) is 58.0 Å². The van der Waals surface area contributed by atoms with Gasteiger partial charge in [-0.1, -0.05) is 0 Å². The highest BCUT2D eigenvalue weighted by Gasteiger charge is 2.26. The van der Waals surface area contributed by atoms with E-state index in [1.54, 1.807) is 12.3 Å². The molecule has 1 fully saturated rings. The maximum atomic E-state index is 11.6. The number of nitro benzene ring substituents is 1. The van der Waals surface area contributed by atoms with Gasteiger partial charge in [-0.15, -0.1) is 0 Å². The molecule has 0 bridgehead atoms. The molecule has 1 aromatic heterocycles. The van der Waals surface area contributed by atoms with Crippen molar-refractivity contribution in [2.75, 3.05) is 38.2 Å². The number of ether oxygens (including phenoxy) is 1. The fourth-order valence-corrected chi connectivity index (χ4v) is 3.27. The van der Waals surface area contributed by atoms with Gasteiger partial charge in [0.2, 0.25) is 0 Å². The van der Waals surface area contributed by atoms with Gasteiger partial charge in [0, 0.05) is 32.2 Å². The van der Waals surface area contributed by atoms with Crippen molar-refractivity contribution in [2.45, 2.75) is 6.54 Å². The molecule has 1 aliphatic heterocycles. The van der Waals surface area contributed by atoms with Gasteiger partial charge in [-0.25, -0.2) is 4.79 Å². The average Bonchev–Trinajstić information content (AvgIpc) is 3.24. The zero-order valence-corrected chi connectivity index (χ0v) is 16.1. The summed E-state index contributed by atoms with van der Waals surface area (Å²) in [4.78, 5) is 26.6. The van der Waals surface area contributed by atoms with Crippen LogP contribution >= 0.6 is 12.2 Å². The summed E-state index contributed by atoms with van der Waals surface area (Å²) in [5.41, 5.74) is 0.515. The quantitative estimate of drug-likeness (QED) is 0.348. The van der Waals surface area contributed by atoms with Gasteiger partial charge in [0.05, 0.1) is 30.4 Å². The molecule has 0 radical (unpaired) electrons. The molecule has 10 heteroatoms. The average molecular weight is 404 g/mol. The number of nitrogens with one attached hydrogen (secondary N) is 1. The Kier molecular flexibility index (Phi) is 6.09. The molecule has 2 heterocycles. The Balaban J connectivity index is 1.63. The number of furan rings is 1. The first-order valence-electron chi connectivity index (χ1n) is 8.66. The third kappa shape index (κ3) is 4.39. The lowest BCUT2D eigenvalue weighted by atomic mass is 10.1. The summed E-state index contributed by atoms with van der Waals surface area (Å²) < 4.78 is 9.91. The second-order valence-electron chi connectivity index (χ2n) is 6.16. The second-order valence-corrected chi connectivity index (χ2v) is 6.55. The first-order valence-corrected chi connectivity index (χ1v) is 9.07.